The lowest BCUT2D eigenvalue weighted by Gasteiger charge is -2.14. The van der Waals surface area contributed by atoms with E-state index >= 15 is 0 Å². The number of nitro benzene ring substituents is 1. The summed E-state index contributed by atoms with van der Waals surface area (Å²) in [6.07, 6.45) is 0. The molecule has 1 N–H and O–H groups in total. The number of nitrogens with one attached hydrogen (secondary N) is 1. The molecule has 0 bridgehead atoms. The van der Waals surface area contributed by atoms with E-state index in [1.165, 1.54) is 25.3 Å². The Morgan fingerprint density at radius 2 is 1.60 bits per heavy atom. The number of aromatic nitrogens is 3. The molecular weight excluding hydrogens is 466 g/mol. The van der Waals surface area contributed by atoms with Crippen molar-refractivity contribution in [1.82, 2.24) is 15.2 Å². The van der Waals surface area contributed by atoms with Gasteiger partial charge < -0.3 is 10.1 Å². The highest BCUT2D eigenvalue weighted by Crippen LogP contribution is 2.32. The third kappa shape index (κ3) is 5.61. The van der Waals surface area contributed by atoms with Gasteiger partial charge in [0.1, 0.15) is 17.1 Å². The lowest BCUT2D eigenvalue weighted by atomic mass is 10.0. The molecule has 9 nitrogen and oxygen atoms in total. The van der Waals surface area contributed by atoms with Crippen molar-refractivity contribution in [3.05, 3.63) is 89.0 Å². The number of anilines is 1. The highest BCUT2D eigenvalue weighted by atomic mass is 32.2. The molecule has 0 spiro atoms. The molecular formula is C25H21N5O4S. The number of hydrogen-bond donors (Lipinski definition) is 1. The van der Waals surface area contributed by atoms with E-state index in [1.807, 2.05) is 60.7 Å². The Morgan fingerprint density at radius 3 is 2.20 bits per heavy atom. The summed E-state index contributed by atoms with van der Waals surface area (Å²) in [5, 5.41) is 22.2. The molecule has 1 atom stereocenters. The Bertz CT molecular complexity index is 1350. The van der Waals surface area contributed by atoms with E-state index in [1.54, 1.807) is 6.92 Å². The van der Waals surface area contributed by atoms with Crippen LogP contribution in [0.1, 0.15) is 6.92 Å². The van der Waals surface area contributed by atoms with Gasteiger partial charge in [-0.1, -0.05) is 72.4 Å². The first-order valence-electron chi connectivity index (χ1n) is 10.6. The number of non-ortho nitro benzene ring substituents is 1. The second kappa shape index (κ2) is 10.7. The fourth-order valence-corrected chi connectivity index (χ4v) is 4.02. The van der Waals surface area contributed by atoms with E-state index in [4.69, 9.17) is 9.72 Å². The first-order valence-corrected chi connectivity index (χ1v) is 11.5. The number of benzene rings is 3. The third-order valence-corrected chi connectivity index (χ3v) is 6.02. The number of nitro groups is 1. The van der Waals surface area contributed by atoms with Crippen molar-refractivity contribution in [3.8, 4) is 28.3 Å². The summed E-state index contributed by atoms with van der Waals surface area (Å²) in [5.41, 5.74) is 3.11. The van der Waals surface area contributed by atoms with Crippen molar-refractivity contribution in [2.45, 2.75) is 17.3 Å². The van der Waals surface area contributed by atoms with Crippen molar-refractivity contribution < 1.29 is 14.5 Å². The Hall–Kier alpha value is -4.31. The van der Waals surface area contributed by atoms with Crippen LogP contribution in [0, 0.1) is 10.1 Å². The Balaban J connectivity index is 1.59. The molecule has 1 amide bonds. The van der Waals surface area contributed by atoms with Gasteiger partial charge in [-0.2, -0.15) is 0 Å². The van der Waals surface area contributed by atoms with Crippen molar-refractivity contribution in [3.63, 3.8) is 0 Å². The molecule has 35 heavy (non-hydrogen) atoms. The minimum Gasteiger partial charge on any atom is -0.495 e. The van der Waals surface area contributed by atoms with Gasteiger partial charge in [0.05, 0.1) is 23.0 Å². The Kier molecular flexibility index (Phi) is 7.32. The monoisotopic (exact) mass is 487 g/mol. The van der Waals surface area contributed by atoms with Crippen molar-refractivity contribution in [2.75, 3.05) is 12.4 Å². The third-order valence-electron chi connectivity index (χ3n) is 5.06. The van der Waals surface area contributed by atoms with Gasteiger partial charge in [-0.15, -0.1) is 10.2 Å². The SMILES string of the molecule is COc1ccc([N+](=O)[O-])cc1NC(=O)[C@@H](C)Sc1nnc(-c2ccccc2)c(-c2ccccc2)n1. The first kappa shape index (κ1) is 23.8. The van der Waals surface area contributed by atoms with Crippen LogP contribution in [-0.4, -0.2) is 38.4 Å². The zero-order chi connectivity index (χ0) is 24.8. The maximum Gasteiger partial charge on any atom is 0.271 e. The number of hydrogen-bond acceptors (Lipinski definition) is 8. The molecule has 4 aromatic rings. The molecule has 1 aromatic heterocycles. The average Bonchev–Trinajstić information content (AvgIpc) is 2.89. The Morgan fingerprint density at radius 1 is 0.971 bits per heavy atom. The fourth-order valence-electron chi connectivity index (χ4n) is 3.30. The predicted octanol–water partition coefficient (Wildman–Crippen LogP) is 5.24. The highest BCUT2D eigenvalue weighted by molar-refractivity contribution is 8.00. The number of rotatable bonds is 8. The maximum absolute atomic E-state index is 12.9. The summed E-state index contributed by atoms with van der Waals surface area (Å²) in [4.78, 5) is 28.2. The van der Waals surface area contributed by atoms with Gasteiger partial charge >= 0.3 is 0 Å². The standard InChI is InChI=1S/C25H21N5O4S/c1-16(24(31)26-20-15-19(30(32)33)13-14-21(20)34-2)35-25-27-22(17-9-5-3-6-10-17)23(28-29-25)18-11-7-4-8-12-18/h3-16H,1-2H3,(H,26,31)/t16-/m1/s1. The molecule has 176 valence electrons. The quantitative estimate of drug-likeness (QED) is 0.203. The normalized spacial score (nSPS) is 11.5. The minimum absolute atomic E-state index is 0.155. The van der Waals surface area contributed by atoms with Crippen LogP contribution >= 0.6 is 11.8 Å². The molecule has 0 aliphatic carbocycles. The molecule has 0 aliphatic rings. The zero-order valence-corrected chi connectivity index (χ0v) is 19.7. The summed E-state index contributed by atoms with van der Waals surface area (Å²) in [6, 6.07) is 23.3. The molecule has 4 rings (SSSR count). The number of thioether (sulfide) groups is 1. The highest BCUT2D eigenvalue weighted by Gasteiger charge is 2.21. The molecule has 3 aromatic carbocycles. The lowest BCUT2D eigenvalue weighted by molar-refractivity contribution is -0.384. The smallest absolute Gasteiger partial charge is 0.271 e. The van der Waals surface area contributed by atoms with Gasteiger partial charge in [-0.05, 0) is 13.0 Å². The summed E-state index contributed by atoms with van der Waals surface area (Å²) >= 11 is 1.14. The van der Waals surface area contributed by atoms with Crippen LogP contribution in [-0.2, 0) is 4.79 Å². The largest absolute Gasteiger partial charge is 0.495 e. The van der Waals surface area contributed by atoms with E-state index in [9.17, 15) is 14.9 Å². The molecule has 0 saturated carbocycles. The van der Waals surface area contributed by atoms with Crippen LogP contribution in [0.4, 0.5) is 11.4 Å². The van der Waals surface area contributed by atoms with Crippen molar-refractivity contribution in [1.29, 1.82) is 0 Å². The molecule has 0 unspecified atom stereocenters. The number of methoxy groups -OCH3 is 1. The first-order chi connectivity index (χ1) is 17.0. The van der Waals surface area contributed by atoms with Gasteiger partial charge in [0, 0.05) is 23.3 Å². The van der Waals surface area contributed by atoms with Crippen LogP contribution in [0.2, 0.25) is 0 Å². The molecule has 0 radical (unpaired) electrons. The van der Waals surface area contributed by atoms with Crippen LogP contribution < -0.4 is 10.1 Å². The van der Waals surface area contributed by atoms with Gasteiger partial charge in [0.25, 0.3) is 5.69 Å². The molecule has 0 aliphatic heterocycles. The van der Waals surface area contributed by atoms with E-state index in [2.05, 4.69) is 15.5 Å². The van der Waals surface area contributed by atoms with Gasteiger partial charge in [-0.25, -0.2) is 4.98 Å². The fraction of sp³-hybridized carbons (Fsp3) is 0.120. The summed E-state index contributed by atoms with van der Waals surface area (Å²) in [5.74, 6) is -0.0663. The Labute approximate surface area is 205 Å². The minimum atomic E-state index is -0.619. The number of nitrogens with zero attached hydrogens (tertiary/aromatic N) is 4. The lowest BCUT2D eigenvalue weighted by Crippen LogP contribution is -2.23. The number of carbonyl (C=O) groups excluding carboxylic acids is 1. The zero-order valence-electron chi connectivity index (χ0n) is 18.9. The second-order valence-electron chi connectivity index (χ2n) is 7.41. The maximum atomic E-state index is 12.9. The van der Waals surface area contributed by atoms with Crippen LogP contribution in [0.25, 0.3) is 22.5 Å². The summed E-state index contributed by atoms with van der Waals surface area (Å²) in [7, 11) is 1.42. The van der Waals surface area contributed by atoms with E-state index in [0.29, 0.717) is 22.3 Å². The summed E-state index contributed by atoms with van der Waals surface area (Å²) in [6.45, 7) is 1.69. The number of amides is 1. The summed E-state index contributed by atoms with van der Waals surface area (Å²) < 4.78 is 5.22. The van der Waals surface area contributed by atoms with Crippen LogP contribution in [0.5, 0.6) is 5.75 Å². The second-order valence-corrected chi connectivity index (χ2v) is 8.72. The van der Waals surface area contributed by atoms with Crippen LogP contribution in [0.3, 0.4) is 0 Å². The van der Waals surface area contributed by atoms with Crippen LogP contribution in [0.15, 0.2) is 84.0 Å². The molecule has 10 heteroatoms. The topological polar surface area (TPSA) is 120 Å². The number of ether oxygens (including phenoxy) is 1. The van der Waals surface area contributed by atoms with Gasteiger partial charge in [-0.3, -0.25) is 14.9 Å². The molecule has 1 heterocycles. The molecule has 0 fully saturated rings. The molecule has 0 saturated heterocycles. The van der Waals surface area contributed by atoms with E-state index < -0.39 is 10.2 Å². The van der Waals surface area contributed by atoms with Gasteiger partial charge in [0.2, 0.25) is 11.1 Å². The van der Waals surface area contributed by atoms with Crippen molar-refractivity contribution >= 4 is 29.0 Å². The van der Waals surface area contributed by atoms with Gasteiger partial charge in [0.15, 0.2) is 0 Å². The van der Waals surface area contributed by atoms with E-state index in [-0.39, 0.29) is 17.3 Å². The van der Waals surface area contributed by atoms with E-state index in [0.717, 1.165) is 22.9 Å². The average molecular weight is 488 g/mol. The van der Waals surface area contributed by atoms with Crippen molar-refractivity contribution in [2.24, 2.45) is 0 Å². The number of carbonyl (C=O) groups is 1. The predicted molar refractivity (Wildman–Crippen MR) is 134 cm³/mol.